The van der Waals surface area contributed by atoms with Gasteiger partial charge in [0.05, 0.1) is 0 Å². The summed E-state index contributed by atoms with van der Waals surface area (Å²) in [6.07, 6.45) is 8.05. The molecule has 17 heavy (non-hydrogen) atoms. The van der Waals surface area contributed by atoms with Crippen LogP contribution in [0.1, 0.15) is 52.4 Å². The van der Waals surface area contributed by atoms with E-state index in [2.05, 4.69) is 18.7 Å². The van der Waals surface area contributed by atoms with Crippen LogP contribution in [-0.2, 0) is 0 Å². The number of nitrogens with zero attached hydrogens (tertiary/aromatic N) is 2. The number of rotatable bonds is 2. The van der Waals surface area contributed by atoms with Crippen molar-refractivity contribution in [3.63, 3.8) is 0 Å². The summed E-state index contributed by atoms with van der Waals surface area (Å²) in [4.78, 5) is 16.3. The van der Waals surface area contributed by atoms with Crippen molar-refractivity contribution in [1.82, 2.24) is 9.80 Å². The molecule has 0 N–H and O–H groups in total. The predicted molar refractivity (Wildman–Crippen MR) is 70.0 cm³/mol. The van der Waals surface area contributed by atoms with E-state index < -0.39 is 0 Å². The van der Waals surface area contributed by atoms with E-state index in [4.69, 9.17) is 0 Å². The van der Waals surface area contributed by atoms with E-state index in [1.807, 2.05) is 4.90 Å². The molecule has 1 saturated carbocycles. The molecule has 2 rings (SSSR count). The standard InChI is InChI=1S/C14H26N2O/c1-3-15(4-2)13(17)16-11-10-14(12-16)8-6-5-7-9-14/h3-12H2,1-2H3. The van der Waals surface area contributed by atoms with Gasteiger partial charge in [0, 0.05) is 26.2 Å². The molecule has 1 aliphatic heterocycles. The van der Waals surface area contributed by atoms with Crippen LogP contribution in [0.2, 0.25) is 0 Å². The van der Waals surface area contributed by atoms with Gasteiger partial charge in [0.25, 0.3) is 0 Å². The molecule has 0 atom stereocenters. The lowest BCUT2D eigenvalue weighted by molar-refractivity contribution is 0.150. The van der Waals surface area contributed by atoms with Crippen LogP contribution in [-0.4, -0.2) is 42.0 Å². The highest BCUT2D eigenvalue weighted by Crippen LogP contribution is 2.43. The van der Waals surface area contributed by atoms with Gasteiger partial charge in [-0.1, -0.05) is 19.3 Å². The molecule has 98 valence electrons. The van der Waals surface area contributed by atoms with Crippen LogP contribution in [0.15, 0.2) is 0 Å². The van der Waals surface area contributed by atoms with E-state index in [9.17, 15) is 4.79 Å². The Morgan fingerprint density at radius 2 is 1.76 bits per heavy atom. The second-order valence-electron chi connectivity index (χ2n) is 5.69. The lowest BCUT2D eigenvalue weighted by atomic mass is 9.73. The van der Waals surface area contributed by atoms with Crippen molar-refractivity contribution in [3.8, 4) is 0 Å². The Balaban J connectivity index is 1.94. The number of carbonyl (C=O) groups is 1. The average Bonchev–Trinajstić information content (AvgIpc) is 2.75. The largest absolute Gasteiger partial charge is 0.325 e. The maximum Gasteiger partial charge on any atom is 0.319 e. The third kappa shape index (κ3) is 2.58. The van der Waals surface area contributed by atoms with E-state index in [0.717, 1.165) is 26.2 Å². The Hall–Kier alpha value is -0.730. The van der Waals surface area contributed by atoms with Crippen LogP contribution in [0.3, 0.4) is 0 Å². The van der Waals surface area contributed by atoms with Gasteiger partial charge in [0.2, 0.25) is 0 Å². The Labute approximate surface area is 105 Å². The van der Waals surface area contributed by atoms with Gasteiger partial charge >= 0.3 is 6.03 Å². The average molecular weight is 238 g/mol. The van der Waals surface area contributed by atoms with Gasteiger partial charge < -0.3 is 9.80 Å². The molecule has 3 nitrogen and oxygen atoms in total. The van der Waals surface area contributed by atoms with Crippen LogP contribution in [0.4, 0.5) is 4.79 Å². The van der Waals surface area contributed by atoms with Crippen molar-refractivity contribution in [2.45, 2.75) is 52.4 Å². The maximum atomic E-state index is 12.3. The zero-order valence-corrected chi connectivity index (χ0v) is 11.4. The highest BCUT2D eigenvalue weighted by Gasteiger charge is 2.41. The fourth-order valence-electron chi connectivity index (χ4n) is 3.50. The minimum Gasteiger partial charge on any atom is -0.325 e. The normalized spacial score (nSPS) is 23.1. The minimum atomic E-state index is 0.262. The van der Waals surface area contributed by atoms with Gasteiger partial charge in [-0.3, -0.25) is 0 Å². The second kappa shape index (κ2) is 5.28. The summed E-state index contributed by atoms with van der Waals surface area (Å²) in [7, 11) is 0. The molecule has 2 amide bonds. The molecule has 0 radical (unpaired) electrons. The molecule has 0 bridgehead atoms. The zero-order valence-electron chi connectivity index (χ0n) is 11.4. The van der Waals surface area contributed by atoms with E-state index in [1.54, 1.807) is 0 Å². The summed E-state index contributed by atoms with van der Waals surface area (Å²) in [5.74, 6) is 0. The van der Waals surface area contributed by atoms with Crippen LogP contribution < -0.4 is 0 Å². The van der Waals surface area contributed by atoms with Gasteiger partial charge in [0.1, 0.15) is 0 Å². The minimum absolute atomic E-state index is 0.262. The summed E-state index contributed by atoms with van der Waals surface area (Å²) in [5, 5.41) is 0. The molecule has 2 aliphatic rings. The first-order valence-electron chi connectivity index (χ1n) is 7.24. The zero-order chi connectivity index (χ0) is 12.3. The monoisotopic (exact) mass is 238 g/mol. The van der Waals surface area contributed by atoms with E-state index in [1.165, 1.54) is 38.5 Å². The van der Waals surface area contributed by atoms with Gasteiger partial charge in [-0.15, -0.1) is 0 Å². The molecule has 0 aromatic carbocycles. The van der Waals surface area contributed by atoms with Crippen LogP contribution in [0.5, 0.6) is 0 Å². The Kier molecular flexibility index (Phi) is 3.95. The molecule has 0 aromatic heterocycles. The fourth-order valence-corrected chi connectivity index (χ4v) is 3.50. The Morgan fingerprint density at radius 3 is 2.35 bits per heavy atom. The van der Waals surface area contributed by atoms with Crippen LogP contribution in [0, 0.1) is 5.41 Å². The molecular weight excluding hydrogens is 212 g/mol. The van der Waals surface area contributed by atoms with Crippen LogP contribution >= 0.6 is 0 Å². The lowest BCUT2D eigenvalue weighted by Crippen LogP contribution is -2.43. The number of amides is 2. The topological polar surface area (TPSA) is 23.6 Å². The predicted octanol–water partition coefficient (Wildman–Crippen LogP) is 3.10. The Morgan fingerprint density at radius 1 is 1.12 bits per heavy atom. The van der Waals surface area contributed by atoms with Crippen molar-refractivity contribution in [2.75, 3.05) is 26.2 Å². The SMILES string of the molecule is CCN(CC)C(=O)N1CCC2(CCCCC2)C1. The summed E-state index contributed by atoms with van der Waals surface area (Å²) < 4.78 is 0. The summed E-state index contributed by atoms with van der Waals surface area (Å²) in [6.45, 7) is 7.79. The van der Waals surface area contributed by atoms with Gasteiger partial charge in [-0.25, -0.2) is 4.79 Å². The number of hydrogen-bond acceptors (Lipinski definition) is 1. The van der Waals surface area contributed by atoms with E-state index >= 15 is 0 Å². The molecule has 2 fully saturated rings. The van der Waals surface area contributed by atoms with E-state index in [0.29, 0.717) is 5.41 Å². The molecule has 0 aromatic rings. The molecular formula is C14H26N2O. The molecule has 3 heteroatoms. The van der Waals surface area contributed by atoms with Crippen molar-refractivity contribution in [2.24, 2.45) is 5.41 Å². The molecule has 1 spiro atoms. The van der Waals surface area contributed by atoms with Gasteiger partial charge in [-0.05, 0) is 38.5 Å². The summed E-state index contributed by atoms with van der Waals surface area (Å²) in [5.41, 5.74) is 0.487. The molecule has 1 aliphatic carbocycles. The van der Waals surface area contributed by atoms with Gasteiger partial charge in [-0.2, -0.15) is 0 Å². The smallest absolute Gasteiger partial charge is 0.319 e. The van der Waals surface area contributed by atoms with Crippen molar-refractivity contribution >= 4 is 6.03 Å². The van der Waals surface area contributed by atoms with Crippen LogP contribution in [0.25, 0.3) is 0 Å². The van der Waals surface area contributed by atoms with E-state index in [-0.39, 0.29) is 6.03 Å². The molecule has 1 saturated heterocycles. The van der Waals surface area contributed by atoms with Crippen molar-refractivity contribution in [3.05, 3.63) is 0 Å². The number of hydrogen-bond donors (Lipinski definition) is 0. The third-order valence-corrected chi connectivity index (χ3v) is 4.66. The first-order valence-corrected chi connectivity index (χ1v) is 7.24. The second-order valence-corrected chi connectivity index (χ2v) is 5.69. The quantitative estimate of drug-likeness (QED) is 0.725. The number of likely N-dealkylation sites (tertiary alicyclic amines) is 1. The number of carbonyl (C=O) groups excluding carboxylic acids is 1. The van der Waals surface area contributed by atoms with Gasteiger partial charge in [0.15, 0.2) is 0 Å². The fraction of sp³-hybridized carbons (Fsp3) is 0.929. The molecule has 0 unspecified atom stereocenters. The first kappa shape index (κ1) is 12.7. The first-order chi connectivity index (χ1) is 8.21. The lowest BCUT2D eigenvalue weighted by Gasteiger charge is -2.34. The highest BCUT2D eigenvalue weighted by atomic mass is 16.2. The third-order valence-electron chi connectivity index (χ3n) is 4.66. The number of urea groups is 1. The Bertz CT molecular complexity index is 267. The maximum absolute atomic E-state index is 12.3. The summed E-state index contributed by atoms with van der Waals surface area (Å²) in [6, 6.07) is 0.262. The van der Waals surface area contributed by atoms with Crippen molar-refractivity contribution < 1.29 is 4.79 Å². The highest BCUT2D eigenvalue weighted by molar-refractivity contribution is 5.74. The molecule has 1 heterocycles. The summed E-state index contributed by atoms with van der Waals surface area (Å²) >= 11 is 0. The van der Waals surface area contributed by atoms with Crippen molar-refractivity contribution in [1.29, 1.82) is 0 Å².